The fourth-order valence-corrected chi connectivity index (χ4v) is 1.84. The van der Waals surface area contributed by atoms with Gasteiger partial charge in [-0.15, -0.1) is 0 Å². The minimum atomic E-state index is -0.338. The van der Waals surface area contributed by atoms with E-state index in [9.17, 15) is 9.90 Å². The summed E-state index contributed by atoms with van der Waals surface area (Å²) in [7, 11) is 0. The number of amides is 1. The van der Waals surface area contributed by atoms with Crippen LogP contribution in [0.25, 0.3) is 0 Å². The minimum Gasteiger partial charge on any atom is -0.508 e. The Morgan fingerprint density at radius 3 is 2.94 bits per heavy atom. The lowest BCUT2D eigenvalue weighted by atomic mass is 10.1. The van der Waals surface area contributed by atoms with Gasteiger partial charge in [-0.2, -0.15) is 0 Å². The van der Waals surface area contributed by atoms with E-state index in [4.69, 9.17) is 5.84 Å². The number of benzene rings is 1. The molecule has 1 aromatic carbocycles. The van der Waals surface area contributed by atoms with Crippen LogP contribution in [-0.2, 0) is 11.3 Å². The van der Waals surface area contributed by atoms with Gasteiger partial charge in [0.05, 0.1) is 0 Å². The van der Waals surface area contributed by atoms with Crippen LogP contribution in [0, 0.1) is 0 Å². The van der Waals surface area contributed by atoms with E-state index in [1.807, 2.05) is 29.2 Å². The molecule has 18 heavy (non-hydrogen) atoms. The zero-order valence-corrected chi connectivity index (χ0v) is 9.84. The first-order valence-electron chi connectivity index (χ1n) is 5.62. The van der Waals surface area contributed by atoms with E-state index in [0.29, 0.717) is 18.8 Å². The van der Waals surface area contributed by atoms with Gasteiger partial charge in [0.25, 0.3) is 5.91 Å². The van der Waals surface area contributed by atoms with Crippen molar-refractivity contribution >= 4 is 5.91 Å². The van der Waals surface area contributed by atoms with Crippen molar-refractivity contribution < 1.29 is 9.90 Å². The summed E-state index contributed by atoms with van der Waals surface area (Å²) in [6, 6.07) is 7.06. The van der Waals surface area contributed by atoms with Crippen molar-refractivity contribution in [1.82, 2.24) is 10.3 Å². The molecule has 1 aliphatic rings. The number of nitrogens with two attached hydrogens (primary N) is 1. The van der Waals surface area contributed by atoms with Crippen LogP contribution in [0.2, 0.25) is 0 Å². The molecule has 0 aliphatic carbocycles. The molecule has 5 heteroatoms. The second-order valence-electron chi connectivity index (χ2n) is 3.96. The maximum atomic E-state index is 11.6. The highest BCUT2D eigenvalue weighted by Crippen LogP contribution is 2.21. The number of carbonyl (C=O) groups is 1. The fraction of sp³-hybridized carbons (Fsp3) is 0.154. The fourth-order valence-electron chi connectivity index (χ4n) is 1.84. The zero-order valence-electron chi connectivity index (χ0n) is 9.84. The molecule has 0 fully saturated rings. The van der Waals surface area contributed by atoms with E-state index >= 15 is 0 Å². The SMILES string of the molecule is NNC(=O)C1=CC=CCN1Cc1ccccc1O. The van der Waals surface area contributed by atoms with E-state index in [-0.39, 0.29) is 11.7 Å². The number of allylic oxidation sites excluding steroid dienone is 2. The van der Waals surface area contributed by atoms with Crippen molar-refractivity contribution in [2.24, 2.45) is 5.84 Å². The van der Waals surface area contributed by atoms with Crippen LogP contribution in [0.4, 0.5) is 0 Å². The highest BCUT2D eigenvalue weighted by Gasteiger charge is 2.18. The van der Waals surface area contributed by atoms with Crippen LogP contribution >= 0.6 is 0 Å². The number of nitrogens with one attached hydrogen (secondary N) is 1. The Bertz CT molecular complexity index is 509. The number of para-hydroxylation sites is 1. The topological polar surface area (TPSA) is 78.6 Å². The average Bonchev–Trinajstić information content (AvgIpc) is 2.41. The van der Waals surface area contributed by atoms with Crippen LogP contribution in [0.3, 0.4) is 0 Å². The van der Waals surface area contributed by atoms with E-state index in [1.165, 1.54) is 0 Å². The molecule has 94 valence electrons. The maximum absolute atomic E-state index is 11.6. The summed E-state index contributed by atoms with van der Waals surface area (Å²) in [6.07, 6.45) is 5.45. The number of carbonyl (C=O) groups excluding carboxylic acids is 1. The Balaban J connectivity index is 2.18. The maximum Gasteiger partial charge on any atom is 0.281 e. The molecular formula is C13H15N3O2. The van der Waals surface area contributed by atoms with Crippen molar-refractivity contribution in [3.05, 3.63) is 53.8 Å². The highest BCUT2D eigenvalue weighted by molar-refractivity contribution is 5.92. The molecule has 0 atom stereocenters. The van der Waals surface area contributed by atoms with Gasteiger partial charge in [-0.05, 0) is 12.1 Å². The lowest BCUT2D eigenvalue weighted by Crippen LogP contribution is -2.39. The molecule has 0 aromatic heterocycles. The van der Waals surface area contributed by atoms with E-state index in [2.05, 4.69) is 5.43 Å². The molecule has 1 aliphatic heterocycles. The smallest absolute Gasteiger partial charge is 0.281 e. The Morgan fingerprint density at radius 1 is 1.44 bits per heavy atom. The summed E-state index contributed by atoms with van der Waals surface area (Å²) in [4.78, 5) is 13.5. The Kier molecular flexibility index (Phi) is 3.64. The molecule has 1 heterocycles. The van der Waals surface area contributed by atoms with Gasteiger partial charge in [0, 0.05) is 18.7 Å². The highest BCUT2D eigenvalue weighted by atomic mass is 16.3. The second-order valence-corrected chi connectivity index (χ2v) is 3.96. The van der Waals surface area contributed by atoms with Gasteiger partial charge in [-0.3, -0.25) is 10.2 Å². The van der Waals surface area contributed by atoms with Crippen molar-refractivity contribution in [2.45, 2.75) is 6.54 Å². The normalized spacial score (nSPS) is 14.3. The predicted molar refractivity (Wildman–Crippen MR) is 68.1 cm³/mol. The number of phenols is 1. The molecule has 1 amide bonds. The van der Waals surface area contributed by atoms with Crippen molar-refractivity contribution in [3.63, 3.8) is 0 Å². The third-order valence-corrected chi connectivity index (χ3v) is 2.77. The van der Waals surface area contributed by atoms with Crippen LogP contribution in [0.15, 0.2) is 48.2 Å². The van der Waals surface area contributed by atoms with E-state index in [1.54, 1.807) is 18.2 Å². The van der Waals surface area contributed by atoms with Crippen LogP contribution in [0.1, 0.15) is 5.56 Å². The zero-order chi connectivity index (χ0) is 13.0. The molecule has 4 N–H and O–H groups in total. The molecule has 0 bridgehead atoms. The quantitative estimate of drug-likeness (QED) is 0.415. The number of rotatable bonds is 3. The minimum absolute atomic E-state index is 0.222. The Morgan fingerprint density at radius 2 is 2.22 bits per heavy atom. The predicted octanol–water partition coefficient (Wildman–Crippen LogP) is 0.638. The molecule has 2 rings (SSSR count). The monoisotopic (exact) mass is 245 g/mol. The summed E-state index contributed by atoms with van der Waals surface area (Å²) < 4.78 is 0. The summed E-state index contributed by atoms with van der Waals surface area (Å²) in [6.45, 7) is 1.06. The molecule has 0 unspecified atom stereocenters. The third-order valence-electron chi connectivity index (χ3n) is 2.77. The largest absolute Gasteiger partial charge is 0.508 e. The number of hydrogen-bond acceptors (Lipinski definition) is 4. The molecule has 0 radical (unpaired) electrons. The van der Waals surface area contributed by atoms with Crippen LogP contribution in [0.5, 0.6) is 5.75 Å². The van der Waals surface area contributed by atoms with Crippen LogP contribution < -0.4 is 11.3 Å². The van der Waals surface area contributed by atoms with Crippen molar-refractivity contribution in [3.8, 4) is 5.75 Å². The number of phenolic OH excluding ortho intramolecular Hbond substituents is 1. The molecule has 0 saturated heterocycles. The first kappa shape index (κ1) is 12.2. The standard InChI is InChI=1S/C13H15N3O2/c14-15-13(18)11-6-3-4-8-16(11)9-10-5-1-2-7-12(10)17/h1-7,17H,8-9,14H2,(H,15,18). The van der Waals surface area contributed by atoms with Crippen molar-refractivity contribution in [1.29, 1.82) is 0 Å². The van der Waals surface area contributed by atoms with Gasteiger partial charge in [-0.1, -0.05) is 30.4 Å². The lowest BCUT2D eigenvalue weighted by Gasteiger charge is -2.27. The second kappa shape index (κ2) is 5.37. The number of nitrogens with zero attached hydrogens (tertiary/aromatic N) is 1. The van der Waals surface area contributed by atoms with Gasteiger partial charge < -0.3 is 10.0 Å². The van der Waals surface area contributed by atoms with Gasteiger partial charge in [-0.25, -0.2) is 5.84 Å². The van der Waals surface area contributed by atoms with E-state index in [0.717, 1.165) is 5.56 Å². The Labute approximate surface area is 105 Å². The lowest BCUT2D eigenvalue weighted by molar-refractivity contribution is -0.119. The summed E-state index contributed by atoms with van der Waals surface area (Å²) in [5.41, 5.74) is 3.38. The summed E-state index contributed by atoms with van der Waals surface area (Å²) in [5.74, 6) is 5.03. The number of hydrazine groups is 1. The first-order chi connectivity index (χ1) is 8.72. The molecule has 0 saturated carbocycles. The van der Waals surface area contributed by atoms with Crippen LogP contribution in [-0.4, -0.2) is 22.5 Å². The number of hydrogen-bond donors (Lipinski definition) is 3. The molecule has 0 spiro atoms. The summed E-state index contributed by atoms with van der Waals surface area (Å²) in [5, 5.41) is 9.73. The van der Waals surface area contributed by atoms with E-state index < -0.39 is 0 Å². The molecule has 5 nitrogen and oxygen atoms in total. The van der Waals surface area contributed by atoms with Gasteiger partial charge in [0.2, 0.25) is 0 Å². The average molecular weight is 245 g/mol. The van der Waals surface area contributed by atoms with Crippen molar-refractivity contribution in [2.75, 3.05) is 6.54 Å². The first-order valence-corrected chi connectivity index (χ1v) is 5.62. The van der Waals surface area contributed by atoms with Gasteiger partial charge >= 0.3 is 0 Å². The third kappa shape index (κ3) is 2.52. The molecule has 1 aromatic rings. The van der Waals surface area contributed by atoms with Gasteiger partial charge in [0.15, 0.2) is 0 Å². The Hall–Kier alpha value is -2.27. The molecular weight excluding hydrogens is 230 g/mol. The van der Waals surface area contributed by atoms with Gasteiger partial charge in [0.1, 0.15) is 11.4 Å². The number of aromatic hydroxyl groups is 1. The summed E-state index contributed by atoms with van der Waals surface area (Å²) >= 11 is 0.